The van der Waals surface area contributed by atoms with Gasteiger partial charge in [0.25, 0.3) is 5.91 Å². The second-order valence-corrected chi connectivity index (χ2v) is 5.87. The Bertz CT molecular complexity index is 770. The van der Waals surface area contributed by atoms with Gasteiger partial charge in [-0.25, -0.2) is 9.78 Å². The predicted molar refractivity (Wildman–Crippen MR) is 93.1 cm³/mol. The van der Waals surface area contributed by atoms with Crippen molar-refractivity contribution in [2.75, 3.05) is 43.4 Å². The lowest BCUT2D eigenvalue weighted by atomic mass is 10.2. The maximum Gasteiger partial charge on any atom is 0.354 e. The number of carbonyl (C=O) groups excluding carboxylic acids is 1. The molecule has 0 bridgehead atoms. The standard InChI is InChI=1S/C17H19N5O3/c1-21-6-8-22(9-7-21)15-4-5-18-11-14(15)20-16(23)12-2-3-13(17(24)25)19-10-12/h2-5,10-11H,6-9H2,1H3,(H,20,23)(H,24,25). The molecule has 2 aromatic heterocycles. The van der Waals surface area contributed by atoms with Crippen molar-refractivity contribution in [2.45, 2.75) is 0 Å². The summed E-state index contributed by atoms with van der Waals surface area (Å²) in [5, 5.41) is 11.7. The van der Waals surface area contributed by atoms with Crippen LogP contribution in [0.25, 0.3) is 0 Å². The third-order valence-corrected chi connectivity index (χ3v) is 4.14. The topological polar surface area (TPSA) is 98.7 Å². The zero-order valence-corrected chi connectivity index (χ0v) is 13.8. The molecule has 0 radical (unpaired) electrons. The largest absolute Gasteiger partial charge is 0.477 e. The summed E-state index contributed by atoms with van der Waals surface area (Å²) >= 11 is 0. The molecule has 3 rings (SSSR count). The molecule has 0 unspecified atom stereocenters. The highest BCUT2D eigenvalue weighted by atomic mass is 16.4. The van der Waals surface area contributed by atoms with Crippen LogP contribution in [0.3, 0.4) is 0 Å². The van der Waals surface area contributed by atoms with Crippen LogP contribution in [0.4, 0.5) is 11.4 Å². The second-order valence-electron chi connectivity index (χ2n) is 5.87. The number of likely N-dealkylation sites (N-methyl/N-ethyl adjacent to an activating group) is 1. The van der Waals surface area contributed by atoms with Gasteiger partial charge in [-0.05, 0) is 25.2 Å². The summed E-state index contributed by atoms with van der Waals surface area (Å²) in [5.41, 5.74) is 1.74. The van der Waals surface area contributed by atoms with E-state index in [1.165, 1.54) is 18.3 Å². The van der Waals surface area contributed by atoms with Crippen LogP contribution in [0, 0.1) is 0 Å². The molecule has 1 aliphatic heterocycles. The predicted octanol–water partition coefficient (Wildman–Crippen LogP) is 1.18. The van der Waals surface area contributed by atoms with Crippen LogP contribution in [0.15, 0.2) is 36.8 Å². The third-order valence-electron chi connectivity index (χ3n) is 4.14. The number of nitrogens with zero attached hydrogens (tertiary/aromatic N) is 4. The number of carbonyl (C=O) groups is 2. The van der Waals surface area contributed by atoms with E-state index in [-0.39, 0.29) is 17.2 Å². The molecule has 8 nitrogen and oxygen atoms in total. The number of rotatable bonds is 4. The lowest BCUT2D eigenvalue weighted by molar-refractivity contribution is 0.0690. The molecule has 1 amide bonds. The number of anilines is 2. The van der Waals surface area contributed by atoms with Gasteiger partial charge >= 0.3 is 5.97 Å². The molecule has 1 saturated heterocycles. The smallest absolute Gasteiger partial charge is 0.354 e. The van der Waals surface area contributed by atoms with Gasteiger partial charge in [-0.3, -0.25) is 9.78 Å². The highest BCUT2D eigenvalue weighted by molar-refractivity contribution is 6.05. The minimum Gasteiger partial charge on any atom is -0.477 e. The van der Waals surface area contributed by atoms with Gasteiger partial charge in [0.15, 0.2) is 0 Å². The highest BCUT2D eigenvalue weighted by Gasteiger charge is 2.18. The van der Waals surface area contributed by atoms with E-state index in [0.717, 1.165) is 31.9 Å². The second kappa shape index (κ2) is 7.27. The lowest BCUT2D eigenvalue weighted by Gasteiger charge is -2.34. The maximum atomic E-state index is 12.4. The van der Waals surface area contributed by atoms with Crippen molar-refractivity contribution in [3.8, 4) is 0 Å². The van der Waals surface area contributed by atoms with E-state index in [1.807, 2.05) is 6.07 Å². The Hall–Kier alpha value is -3.00. The van der Waals surface area contributed by atoms with Crippen molar-refractivity contribution in [1.82, 2.24) is 14.9 Å². The van der Waals surface area contributed by atoms with Crippen LogP contribution in [0.2, 0.25) is 0 Å². The van der Waals surface area contributed by atoms with Crippen LogP contribution in [-0.2, 0) is 0 Å². The van der Waals surface area contributed by atoms with E-state index in [2.05, 4.69) is 32.1 Å². The van der Waals surface area contributed by atoms with Crippen molar-refractivity contribution in [3.05, 3.63) is 48.0 Å². The number of aromatic nitrogens is 2. The minimum absolute atomic E-state index is 0.101. The first-order chi connectivity index (χ1) is 12.0. The Morgan fingerprint density at radius 2 is 1.88 bits per heavy atom. The molecular formula is C17H19N5O3. The van der Waals surface area contributed by atoms with Crippen LogP contribution in [0.5, 0.6) is 0 Å². The monoisotopic (exact) mass is 341 g/mol. The Kier molecular flexibility index (Phi) is 4.90. The van der Waals surface area contributed by atoms with E-state index in [4.69, 9.17) is 5.11 Å². The van der Waals surface area contributed by atoms with Crippen molar-refractivity contribution >= 4 is 23.3 Å². The fourth-order valence-electron chi connectivity index (χ4n) is 2.66. The fraction of sp³-hybridized carbons (Fsp3) is 0.294. The summed E-state index contributed by atoms with van der Waals surface area (Å²) < 4.78 is 0. The zero-order chi connectivity index (χ0) is 17.8. The van der Waals surface area contributed by atoms with Crippen LogP contribution >= 0.6 is 0 Å². The first-order valence-electron chi connectivity index (χ1n) is 7.93. The van der Waals surface area contributed by atoms with E-state index in [1.54, 1.807) is 12.4 Å². The van der Waals surface area contributed by atoms with Crippen molar-refractivity contribution in [1.29, 1.82) is 0 Å². The zero-order valence-electron chi connectivity index (χ0n) is 13.8. The Morgan fingerprint density at radius 3 is 2.52 bits per heavy atom. The van der Waals surface area contributed by atoms with E-state index in [0.29, 0.717) is 5.69 Å². The quantitative estimate of drug-likeness (QED) is 0.861. The van der Waals surface area contributed by atoms with Gasteiger partial charge in [0.2, 0.25) is 0 Å². The molecule has 8 heteroatoms. The maximum absolute atomic E-state index is 12.4. The first-order valence-corrected chi connectivity index (χ1v) is 7.93. The molecule has 1 fully saturated rings. The number of carboxylic acids is 1. The molecule has 0 spiro atoms. The molecule has 2 N–H and O–H groups in total. The summed E-state index contributed by atoms with van der Waals surface area (Å²) in [6.45, 7) is 3.66. The normalized spacial score (nSPS) is 15.0. The van der Waals surface area contributed by atoms with Gasteiger partial charge in [-0.2, -0.15) is 0 Å². The summed E-state index contributed by atoms with van der Waals surface area (Å²) in [4.78, 5) is 35.6. The number of carboxylic acid groups (broad SMARTS) is 1. The Balaban J connectivity index is 1.76. The molecule has 130 valence electrons. The lowest BCUT2D eigenvalue weighted by Crippen LogP contribution is -2.44. The van der Waals surface area contributed by atoms with Crippen LogP contribution in [0.1, 0.15) is 20.8 Å². The number of nitrogens with one attached hydrogen (secondary N) is 1. The van der Waals surface area contributed by atoms with E-state index in [9.17, 15) is 9.59 Å². The Labute approximate surface area is 145 Å². The molecule has 25 heavy (non-hydrogen) atoms. The average molecular weight is 341 g/mol. The average Bonchev–Trinajstić information content (AvgIpc) is 2.63. The summed E-state index contributed by atoms with van der Waals surface area (Å²) in [6.07, 6.45) is 4.57. The molecule has 2 aromatic rings. The van der Waals surface area contributed by atoms with Crippen molar-refractivity contribution in [3.63, 3.8) is 0 Å². The molecule has 0 aromatic carbocycles. The number of aromatic carboxylic acids is 1. The molecular weight excluding hydrogens is 322 g/mol. The number of pyridine rings is 2. The molecule has 1 aliphatic rings. The third kappa shape index (κ3) is 3.92. The van der Waals surface area contributed by atoms with Crippen molar-refractivity contribution < 1.29 is 14.7 Å². The van der Waals surface area contributed by atoms with Gasteiger partial charge in [0.1, 0.15) is 5.69 Å². The molecule has 3 heterocycles. The number of piperazine rings is 1. The summed E-state index contributed by atoms with van der Waals surface area (Å²) in [6, 6.07) is 4.63. The van der Waals surface area contributed by atoms with E-state index >= 15 is 0 Å². The van der Waals surface area contributed by atoms with Gasteiger partial charge in [0, 0.05) is 38.6 Å². The van der Waals surface area contributed by atoms with Gasteiger partial charge in [-0.1, -0.05) is 0 Å². The summed E-state index contributed by atoms with van der Waals surface area (Å²) in [5.74, 6) is -1.48. The summed E-state index contributed by atoms with van der Waals surface area (Å²) in [7, 11) is 2.08. The SMILES string of the molecule is CN1CCN(c2ccncc2NC(=O)c2ccc(C(=O)O)nc2)CC1. The first kappa shape index (κ1) is 16.8. The van der Waals surface area contributed by atoms with Gasteiger partial charge < -0.3 is 20.2 Å². The van der Waals surface area contributed by atoms with Crippen LogP contribution in [-0.4, -0.2) is 65.1 Å². The molecule has 0 aliphatic carbocycles. The minimum atomic E-state index is -1.13. The van der Waals surface area contributed by atoms with E-state index < -0.39 is 5.97 Å². The molecule has 0 atom stereocenters. The fourth-order valence-corrected chi connectivity index (χ4v) is 2.66. The highest BCUT2D eigenvalue weighted by Crippen LogP contribution is 2.26. The number of amides is 1. The molecule has 0 saturated carbocycles. The number of hydrogen-bond donors (Lipinski definition) is 2. The van der Waals surface area contributed by atoms with Crippen LogP contribution < -0.4 is 10.2 Å². The van der Waals surface area contributed by atoms with Gasteiger partial charge in [-0.15, -0.1) is 0 Å². The number of hydrogen-bond acceptors (Lipinski definition) is 6. The van der Waals surface area contributed by atoms with Gasteiger partial charge in [0.05, 0.1) is 23.1 Å². The Morgan fingerprint density at radius 1 is 1.12 bits per heavy atom. The van der Waals surface area contributed by atoms with Crippen molar-refractivity contribution in [2.24, 2.45) is 0 Å².